The number of pyridine rings is 1. The van der Waals surface area contributed by atoms with Crippen molar-refractivity contribution in [3.63, 3.8) is 0 Å². The first-order valence-electron chi connectivity index (χ1n) is 13.4. The Morgan fingerprint density at radius 3 is 2.67 bits per heavy atom. The van der Waals surface area contributed by atoms with Crippen LogP contribution in [0.2, 0.25) is 0 Å². The summed E-state index contributed by atoms with van der Waals surface area (Å²) in [5.74, 6) is -4.22. The van der Waals surface area contributed by atoms with Crippen LogP contribution in [0, 0.1) is 5.82 Å². The number of benzene rings is 1. The molecule has 9 nitrogen and oxygen atoms in total. The largest absolute Gasteiger partial charge is 0.369 e. The van der Waals surface area contributed by atoms with Crippen molar-refractivity contribution >= 4 is 22.8 Å². The second-order valence-electron chi connectivity index (χ2n) is 10.5. The molecule has 12 heteroatoms. The molecule has 5 rings (SSSR count). The summed E-state index contributed by atoms with van der Waals surface area (Å²) in [7, 11) is 1.63. The minimum atomic E-state index is -3.53. The van der Waals surface area contributed by atoms with Gasteiger partial charge in [0.15, 0.2) is 0 Å². The van der Waals surface area contributed by atoms with Crippen LogP contribution in [0.5, 0.6) is 0 Å². The summed E-state index contributed by atoms with van der Waals surface area (Å²) < 4.78 is 52.8. The number of nitrogens with one attached hydrogen (secondary N) is 2. The minimum absolute atomic E-state index is 0.00994. The Labute approximate surface area is 229 Å². The van der Waals surface area contributed by atoms with Gasteiger partial charge in [0.05, 0.1) is 23.6 Å². The molecule has 4 heterocycles. The van der Waals surface area contributed by atoms with Crippen molar-refractivity contribution in [2.45, 2.75) is 50.7 Å². The molecule has 40 heavy (non-hydrogen) atoms. The van der Waals surface area contributed by atoms with E-state index in [4.69, 9.17) is 4.74 Å². The van der Waals surface area contributed by atoms with Crippen LogP contribution >= 0.6 is 0 Å². The zero-order valence-corrected chi connectivity index (χ0v) is 22.7. The molecular weight excluding hydrogens is 525 g/mol. The highest BCUT2D eigenvalue weighted by molar-refractivity contribution is 5.87. The molecule has 0 saturated carbocycles. The first kappa shape index (κ1) is 28.0. The summed E-state index contributed by atoms with van der Waals surface area (Å²) >= 11 is 0. The van der Waals surface area contributed by atoms with E-state index in [9.17, 15) is 9.59 Å². The van der Waals surface area contributed by atoms with Crippen molar-refractivity contribution in [2.24, 2.45) is 7.05 Å². The molecule has 2 N–H and O–H groups in total. The second-order valence-corrected chi connectivity index (χ2v) is 10.5. The van der Waals surface area contributed by atoms with E-state index in [2.05, 4.69) is 20.6 Å². The monoisotopic (exact) mass is 558 g/mol. The third kappa shape index (κ3) is 5.17. The van der Waals surface area contributed by atoms with Gasteiger partial charge in [0.25, 0.3) is 5.56 Å². The van der Waals surface area contributed by atoms with Crippen LogP contribution < -0.4 is 16.2 Å². The van der Waals surface area contributed by atoms with Crippen LogP contribution in [-0.2, 0) is 22.5 Å². The Morgan fingerprint density at radius 1 is 1.25 bits per heavy atom. The standard InChI is InChI=1S/C28H33F3N6O3/c1-16(19-5-4-6-22(24(19)29)28(30,31)23-14-32-9-12-40-23)35-25-21-13-20(18-7-10-37(11-8-18)17(2)38)27(39)36(3)26(21)34-15-33-25/h4-6,13,15-16,18,23,32H,7-12,14H2,1-3H3,(H,33,34,35). The third-order valence-corrected chi connectivity index (χ3v) is 7.95. The Hall–Kier alpha value is -3.51. The molecule has 214 valence electrons. The van der Waals surface area contributed by atoms with Crippen molar-refractivity contribution in [1.29, 1.82) is 0 Å². The summed E-state index contributed by atoms with van der Waals surface area (Å²) in [6.45, 7) is 4.84. The topological polar surface area (TPSA) is 101 Å². The summed E-state index contributed by atoms with van der Waals surface area (Å²) in [6, 6.07) is 4.97. The predicted octanol–water partition coefficient (Wildman–Crippen LogP) is 3.45. The summed E-state index contributed by atoms with van der Waals surface area (Å²) in [5, 5.41) is 6.58. The number of aromatic nitrogens is 3. The number of rotatable bonds is 6. The van der Waals surface area contributed by atoms with E-state index >= 15 is 13.2 Å². The summed E-state index contributed by atoms with van der Waals surface area (Å²) in [5.41, 5.74) is 0.141. The molecule has 2 fully saturated rings. The van der Waals surface area contributed by atoms with Gasteiger partial charge in [-0.2, -0.15) is 8.78 Å². The molecule has 1 amide bonds. The van der Waals surface area contributed by atoms with Crippen molar-refractivity contribution in [3.05, 3.63) is 63.5 Å². The number of ether oxygens (including phenoxy) is 1. The zero-order valence-electron chi connectivity index (χ0n) is 22.7. The highest BCUT2D eigenvalue weighted by atomic mass is 19.3. The van der Waals surface area contributed by atoms with Crippen LogP contribution in [0.15, 0.2) is 35.4 Å². The number of hydrogen-bond acceptors (Lipinski definition) is 7. The Morgan fingerprint density at radius 2 is 2.00 bits per heavy atom. The summed E-state index contributed by atoms with van der Waals surface area (Å²) in [6.07, 6.45) is 1.14. The number of alkyl halides is 2. The second kappa shape index (κ2) is 11.2. The van der Waals surface area contributed by atoms with Gasteiger partial charge in [0.2, 0.25) is 5.91 Å². The lowest BCUT2D eigenvalue weighted by atomic mass is 9.89. The Bertz CT molecular complexity index is 1470. The van der Waals surface area contributed by atoms with Crippen molar-refractivity contribution < 1.29 is 22.7 Å². The number of halogens is 3. The lowest BCUT2D eigenvalue weighted by molar-refractivity contribution is -0.153. The normalized spacial score (nSPS) is 19.6. The van der Waals surface area contributed by atoms with Crippen LogP contribution in [0.3, 0.4) is 0 Å². The number of nitrogens with zero attached hydrogens (tertiary/aromatic N) is 4. The van der Waals surface area contributed by atoms with Crippen molar-refractivity contribution in [1.82, 2.24) is 24.8 Å². The first-order valence-corrected chi connectivity index (χ1v) is 13.4. The third-order valence-electron chi connectivity index (χ3n) is 7.95. The predicted molar refractivity (Wildman–Crippen MR) is 144 cm³/mol. The van der Waals surface area contributed by atoms with Gasteiger partial charge in [-0.15, -0.1) is 0 Å². The highest BCUT2D eigenvalue weighted by Gasteiger charge is 2.45. The van der Waals surface area contributed by atoms with E-state index in [0.717, 1.165) is 6.07 Å². The average molecular weight is 559 g/mol. The van der Waals surface area contributed by atoms with Gasteiger partial charge >= 0.3 is 5.92 Å². The van der Waals surface area contributed by atoms with Gasteiger partial charge in [-0.05, 0) is 37.8 Å². The van der Waals surface area contributed by atoms with Crippen LogP contribution in [0.25, 0.3) is 11.0 Å². The number of piperidine rings is 1. The molecule has 0 bridgehead atoms. The number of likely N-dealkylation sites (tertiary alicyclic amines) is 1. The van der Waals surface area contributed by atoms with Crippen molar-refractivity contribution in [2.75, 3.05) is 38.1 Å². The van der Waals surface area contributed by atoms with Crippen LogP contribution in [0.1, 0.15) is 55.3 Å². The quantitative estimate of drug-likeness (QED) is 0.478. The van der Waals surface area contributed by atoms with Gasteiger partial charge in [-0.25, -0.2) is 14.4 Å². The molecule has 0 aliphatic carbocycles. The fourth-order valence-electron chi connectivity index (χ4n) is 5.60. The average Bonchev–Trinajstić information content (AvgIpc) is 2.95. The van der Waals surface area contributed by atoms with Gasteiger partial charge in [0.1, 0.15) is 29.7 Å². The molecule has 2 aromatic heterocycles. The summed E-state index contributed by atoms with van der Waals surface area (Å²) in [4.78, 5) is 35.4. The number of carbonyl (C=O) groups is 1. The van der Waals surface area contributed by atoms with Gasteiger partial charge in [-0.3, -0.25) is 14.2 Å². The molecule has 0 radical (unpaired) electrons. The van der Waals surface area contributed by atoms with Gasteiger partial charge in [0, 0.05) is 51.3 Å². The number of anilines is 1. The molecule has 2 saturated heterocycles. The first-order chi connectivity index (χ1) is 19.1. The van der Waals surface area contributed by atoms with Gasteiger partial charge in [-0.1, -0.05) is 12.1 Å². The molecule has 3 aromatic rings. The van der Waals surface area contributed by atoms with E-state index in [1.54, 1.807) is 24.9 Å². The van der Waals surface area contributed by atoms with Crippen molar-refractivity contribution in [3.8, 4) is 0 Å². The molecule has 2 atom stereocenters. The van der Waals surface area contributed by atoms with E-state index in [-0.39, 0.29) is 36.1 Å². The number of fused-ring (bicyclic) bond motifs is 1. The van der Waals surface area contributed by atoms with Gasteiger partial charge < -0.3 is 20.3 Å². The van der Waals surface area contributed by atoms with E-state index in [0.29, 0.717) is 54.9 Å². The number of carbonyl (C=O) groups excluding carboxylic acids is 1. The maximum absolute atomic E-state index is 15.6. The lowest BCUT2D eigenvalue weighted by Gasteiger charge is -2.31. The van der Waals surface area contributed by atoms with E-state index in [1.807, 2.05) is 0 Å². The zero-order chi connectivity index (χ0) is 28.6. The number of hydrogen-bond donors (Lipinski definition) is 2. The molecule has 1 aromatic carbocycles. The van der Waals surface area contributed by atoms with E-state index < -0.39 is 29.4 Å². The Kier molecular flexibility index (Phi) is 7.83. The van der Waals surface area contributed by atoms with Crippen LogP contribution in [-0.4, -0.2) is 64.2 Å². The smallest absolute Gasteiger partial charge is 0.302 e. The molecule has 2 aliphatic heterocycles. The fraction of sp³-hybridized carbons (Fsp3) is 0.500. The highest BCUT2D eigenvalue weighted by Crippen LogP contribution is 2.38. The molecule has 2 aliphatic rings. The molecule has 0 spiro atoms. The fourth-order valence-corrected chi connectivity index (χ4v) is 5.60. The van der Waals surface area contributed by atoms with E-state index in [1.165, 1.54) is 30.0 Å². The Balaban J connectivity index is 1.46. The molecular formula is C28H33F3N6O3. The lowest BCUT2D eigenvalue weighted by Crippen LogP contribution is -2.47. The number of amides is 1. The minimum Gasteiger partial charge on any atom is -0.369 e. The number of aryl methyl sites for hydroxylation is 1. The maximum Gasteiger partial charge on any atom is 0.302 e. The molecule has 2 unspecified atom stereocenters. The maximum atomic E-state index is 15.6. The number of morpholine rings is 1. The van der Waals surface area contributed by atoms with Crippen LogP contribution in [0.4, 0.5) is 19.0 Å². The SMILES string of the molecule is CC(=O)N1CCC(c2cc3c(NC(C)c4cccc(C(F)(F)C5CNCCO5)c4F)ncnc3n(C)c2=O)CC1.